The maximum absolute atomic E-state index is 12.7. The Morgan fingerprint density at radius 1 is 1.15 bits per heavy atom. The number of rotatable bonds is 5. The van der Waals surface area contributed by atoms with E-state index in [0.29, 0.717) is 31.9 Å². The molecule has 0 bridgehead atoms. The zero-order valence-electron chi connectivity index (χ0n) is 15.0. The van der Waals surface area contributed by atoms with Gasteiger partial charge >= 0.3 is 6.09 Å². The van der Waals surface area contributed by atoms with E-state index >= 15 is 0 Å². The summed E-state index contributed by atoms with van der Waals surface area (Å²) in [6.07, 6.45) is -0.804. The third kappa shape index (κ3) is 4.51. The molecule has 1 aromatic carbocycles. The molecule has 1 aliphatic rings. The minimum atomic E-state index is -3.59. The standard InChI is InChI=1S/C16H23N3O6S/c1-12(15(20)17-16(21)25-3)18-8-10-19(11-9-18)26(22,23)14-6-4-13(24-2)5-7-14/h4-7,12H,8-11H2,1-3H3,(H,17,20,21)/p+1/t12-/m0/s1. The van der Waals surface area contributed by atoms with E-state index < -0.39 is 28.1 Å². The maximum Gasteiger partial charge on any atom is 0.413 e. The zero-order chi connectivity index (χ0) is 19.3. The van der Waals surface area contributed by atoms with Crippen LogP contribution in [0.2, 0.25) is 0 Å². The van der Waals surface area contributed by atoms with Gasteiger partial charge in [0.1, 0.15) is 5.75 Å². The molecule has 2 N–H and O–H groups in total. The summed E-state index contributed by atoms with van der Waals surface area (Å²) in [6, 6.07) is 5.75. The maximum atomic E-state index is 12.7. The van der Waals surface area contributed by atoms with Crippen molar-refractivity contribution >= 4 is 22.0 Å². The second-order valence-corrected chi connectivity index (χ2v) is 7.88. The van der Waals surface area contributed by atoms with Gasteiger partial charge in [0.25, 0.3) is 5.91 Å². The summed E-state index contributed by atoms with van der Waals surface area (Å²) >= 11 is 0. The lowest BCUT2D eigenvalue weighted by Gasteiger charge is -2.34. The van der Waals surface area contributed by atoms with Gasteiger partial charge in [-0.05, 0) is 31.2 Å². The number of hydrogen-bond acceptors (Lipinski definition) is 6. The second kappa shape index (κ2) is 8.47. The first-order valence-corrected chi connectivity index (χ1v) is 9.61. The van der Waals surface area contributed by atoms with E-state index in [1.807, 2.05) is 0 Å². The van der Waals surface area contributed by atoms with Crippen LogP contribution in [0.25, 0.3) is 0 Å². The van der Waals surface area contributed by atoms with Gasteiger partial charge in [-0.2, -0.15) is 4.31 Å². The SMILES string of the molecule is COC(=O)NC(=O)[C@H](C)[NH+]1CCN(S(=O)(=O)c2ccc(OC)cc2)CC1. The number of ether oxygens (including phenoxy) is 2. The van der Waals surface area contributed by atoms with Gasteiger partial charge in [0.15, 0.2) is 6.04 Å². The Hall–Kier alpha value is -2.17. The van der Waals surface area contributed by atoms with Crippen molar-refractivity contribution in [3.8, 4) is 5.75 Å². The van der Waals surface area contributed by atoms with Gasteiger partial charge < -0.3 is 14.4 Å². The minimum absolute atomic E-state index is 0.207. The number of piperazine rings is 1. The van der Waals surface area contributed by atoms with Crippen LogP contribution in [0.4, 0.5) is 4.79 Å². The van der Waals surface area contributed by atoms with Crippen LogP contribution in [0.15, 0.2) is 29.2 Å². The summed E-state index contributed by atoms with van der Waals surface area (Å²) in [5, 5.41) is 2.14. The highest BCUT2D eigenvalue weighted by atomic mass is 32.2. The van der Waals surface area contributed by atoms with Crippen LogP contribution in [-0.4, -0.2) is 71.2 Å². The summed E-state index contributed by atoms with van der Waals surface area (Å²) in [6.45, 7) is 3.20. The quantitative estimate of drug-likeness (QED) is 0.662. The first kappa shape index (κ1) is 20.1. The van der Waals surface area contributed by atoms with Crippen molar-refractivity contribution in [2.24, 2.45) is 0 Å². The second-order valence-electron chi connectivity index (χ2n) is 5.94. The molecule has 0 unspecified atom stereocenters. The Bertz CT molecular complexity index is 742. The summed E-state index contributed by atoms with van der Waals surface area (Å²) in [7, 11) is -0.889. The molecule has 0 spiro atoms. The predicted molar refractivity (Wildman–Crippen MR) is 92.5 cm³/mol. The van der Waals surface area contributed by atoms with Gasteiger partial charge in [-0.3, -0.25) is 10.1 Å². The highest BCUT2D eigenvalue weighted by Gasteiger charge is 2.34. The molecule has 9 nitrogen and oxygen atoms in total. The van der Waals surface area contributed by atoms with E-state index in [2.05, 4.69) is 10.1 Å². The number of sulfonamides is 1. The van der Waals surface area contributed by atoms with Crippen LogP contribution >= 0.6 is 0 Å². The third-order valence-corrected chi connectivity index (χ3v) is 6.39. The van der Waals surface area contributed by atoms with Crippen molar-refractivity contribution in [2.75, 3.05) is 40.4 Å². The monoisotopic (exact) mass is 386 g/mol. The fourth-order valence-corrected chi connectivity index (χ4v) is 4.23. The van der Waals surface area contributed by atoms with Gasteiger partial charge in [-0.25, -0.2) is 13.2 Å². The first-order chi connectivity index (χ1) is 12.3. The number of carbonyl (C=O) groups is 2. The average Bonchev–Trinajstić information content (AvgIpc) is 2.67. The van der Waals surface area contributed by atoms with E-state index in [1.54, 1.807) is 19.1 Å². The number of alkyl carbamates (subject to hydrolysis) is 1. The molecule has 144 valence electrons. The van der Waals surface area contributed by atoms with Crippen LogP contribution in [0.1, 0.15) is 6.92 Å². The van der Waals surface area contributed by atoms with Crippen molar-refractivity contribution in [1.29, 1.82) is 0 Å². The molecule has 1 aromatic rings. The fourth-order valence-electron chi connectivity index (χ4n) is 2.79. The fraction of sp³-hybridized carbons (Fsp3) is 0.500. The third-order valence-electron chi connectivity index (χ3n) is 4.48. The average molecular weight is 386 g/mol. The van der Waals surface area contributed by atoms with Crippen molar-refractivity contribution in [3.63, 3.8) is 0 Å². The first-order valence-electron chi connectivity index (χ1n) is 8.17. The number of nitrogens with one attached hydrogen (secondary N) is 2. The number of quaternary nitrogens is 1. The Morgan fingerprint density at radius 2 is 1.73 bits per heavy atom. The topological polar surface area (TPSA) is 106 Å². The van der Waals surface area contributed by atoms with Crippen molar-refractivity contribution < 1.29 is 32.4 Å². The zero-order valence-corrected chi connectivity index (χ0v) is 15.8. The molecule has 0 aliphatic carbocycles. The van der Waals surface area contributed by atoms with Crippen LogP contribution in [0, 0.1) is 0 Å². The van der Waals surface area contributed by atoms with Crippen LogP contribution in [-0.2, 0) is 19.6 Å². The van der Waals surface area contributed by atoms with Gasteiger partial charge in [0.2, 0.25) is 10.0 Å². The van der Waals surface area contributed by atoms with Gasteiger partial charge in [-0.1, -0.05) is 0 Å². The molecule has 0 radical (unpaired) electrons. The highest BCUT2D eigenvalue weighted by molar-refractivity contribution is 7.89. The largest absolute Gasteiger partial charge is 0.497 e. The Morgan fingerprint density at radius 3 is 2.23 bits per heavy atom. The molecule has 2 amide bonds. The molecule has 0 aromatic heterocycles. The Labute approximate surface area is 152 Å². The highest BCUT2D eigenvalue weighted by Crippen LogP contribution is 2.19. The Kier molecular flexibility index (Phi) is 6.57. The molecular weight excluding hydrogens is 362 g/mol. The molecule has 1 atom stereocenters. The molecule has 2 rings (SSSR count). The summed E-state index contributed by atoms with van der Waals surface area (Å²) in [5.41, 5.74) is 0. The van der Waals surface area contributed by atoms with E-state index in [4.69, 9.17) is 4.74 Å². The van der Waals surface area contributed by atoms with Crippen LogP contribution in [0.3, 0.4) is 0 Å². The molecule has 26 heavy (non-hydrogen) atoms. The number of methoxy groups -OCH3 is 2. The minimum Gasteiger partial charge on any atom is -0.497 e. The molecular formula is C16H24N3O6S+. The number of amides is 2. The number of benzene rings is 1. The van der Waals surface area contributed by atoms with E-state index in [1.165, 1.54) is 30.7 Å². The van der Waals surface area contributed by atoms with Crippen molar-refractivity contribution in [1.82, 2.24) is 9.62 Å². The number of imide groups is 1. The number of carbonyl (C=O) groups excluding carboxylic acids is 2. The van der Waals surface area contributed by atoms with Gasteiger partial charge in [0.05, 0.1) is 45.3 Å². The Balaban J connectivity index is 1.98. The molecule has 10 heteroatoms. The lowest BCUT2D eigenvalue weighted by molar-refractivity contribution is -0.917. The van der Waals surface area contributed by atoms with Crippen molar-refractivity contribution in [3.05, 3.63) is 24.3 Å². The molecule has 1 fully saturated rings. The predicted octanol–water partition coefficient (Wildman–Crippen LogP) is -1.14. The lowest BCUT2D eigenvalue weighted by atomic mass is 10.2. The molecule has 1 heterocycles. The summed E-state index contributed by atoms with van der Waals surface area (Å²) in [5.74, 6) is 0.141. The lowest BCUT2D eigenvalue weighted by Crippen LogP contribution is -3.19. The smallest absolute Gasteiger partial charge is 0.413 e. The molecule has 1 saturated heterocycles. The van der Waals surface area contributed by atoms with Gasteiger partial charge in [0, 0.05) is 0 Å². The summed E-state index contributed by atoms with van der Waals surface area (Å²) in [4.78, 5) is 24.2. The number of nitrogens with zero attached hydrogens (tertiary/aromatic N) is 1. The van der Waals surface area contributed by atoms with E-state index in [-0.39, 0.29) is 4.90 Å². The summed E-state index contributed by atoms with van der Waals surface area (Å²) < 4.78 is 36.3. The van der Waals surface area contributed by atoms with Crippen LogP contribution < -0.4 is 15.0 Å². The molecule has 1 aliphatic heterocycles. The van der Waals surface area contributed by atoms with Gasteiger partial charge in [-0.15, -0.1) is 0 Å². The van der Waals surface area contributed by atoms with Crippen LogP contribution in [0.5, 0.6) is 5.75 Å². The van der Waals surface area contributed by atoms with E-state index in [0.717, 1.165) is 4.90 Å². The molecule has 0 saturated carbocycles. The van der Waals surface area contributed by atoms with E-state index in [9.17, 15) is 18.0 Å². The normalized spacial score (nSPS) is 17.3. The van der Waals surface area contributed by atoms with Crippen molar-refractivity contribution in [2.45, 2.75) is 17.9 Å². The number of hydrogen-bond donors (Lipinski definition) is 2.